The molecule has 0 spiro atoms. The van der Waals surface area contributed by atoms with Crippen molar-refractivity contribution in [2.75, 3.05) is 32.8 Å². The van der Waals surface area contributed by atoms with Crippen molar-refractivity contribution in [2.24, 2.45) is 11.1 Å². The highest BCUT2D eigenvalue weighted by molar-refractivity contribution is 7.80. The molecular formula is C14H27N3O2S. The number of ether oxygens (including phenoxy) is 1. The molecule has 1 heterocycles. The molecule has 1 aliphatic heterocycles. The average Bonchev–Trinajstić information content (AvgIpc) is 2.45. The summed E-state index contributed by atoms with van der Waals surface area (Å²) in [6, 6.07) is 0.0801. The molecule has 6 heteroatoms. The van der Waals surface area contributed by atoms with Gasteiger partial charge in [-0.2, -0.15) is 0 Å². The van der Waals surface area contributed by atoms with Gasteiger partial charge in [-0.25, -0.2) is 0 Å². The second-order valence-corrected chi connectivity index (χ2v) is 5.86. The fraction of sp³-hybridized carbons (Fsp3) is 0.857. The third-order valence-corrected chi connectivity index (χ3v) is 4.45. The van der Waals surface area contributed by atoms with Gasteiger partial charge in [0.2, 0.25) is 5.91 Å². The number of carbonyl (C=O) groups is 1. The molecule has 1 atom stereocenters. The van der Waals surface area contributed by atoms with Crippen LogP contribution in [0, 0.1) is 5.41 Å². The molecule has 0 bridgehead atoms. The van der Waals surface area contributed by atoms with E-state index in [4.69, 9.17) is 22.7 Å². The molecule has 0 saturated carbocycles. The highest BCUT2D eigenvalue weighted by Gasteiger charge is 2.43. The predicted octanol–water partition coefficient (Wildman–Crippen LogP) is 0.916. The zero-order chi connectivity index (χ0) is 15.2. The van der Waals surface area contributed by atoms with Gasteiger partial charge in [0.1, 0.15) is 5.41 Å². The minimum atomic E-state index is -0.731. The second kappa shape index (κ2) is 7.90. The van der Waals surface area contributed by atoms with E-state index in [0.717, 1.165) is 19.6 Å². The lowest BCUT2D eigenvalue weighted by Gasteiger charge is -2.36. The molecule has 1 saturated heterocycles. The number of hydrogen-bond acceptors (Lipinski definition) is 4. The van der Waals surface area contributed by atoms with Crippen LogP contribution in [0.25, 0.3) is 0 Å². The van der Waals surface area contributed by atoms with Crippen LogP contribution in [0.3, 0.4) is 0 Å². The Bertz CT molecular complexity index is 339. The van der Waals surface area contributed by atoms with Crippen LogP contribution < -0.4 is 11.1 Å². The van der Waals surface area contributed by atoms with E-state index >= 15 is 0 Å². The number of nitrogens with two attached hydrogens (primary N) is 1. The first-order valence-corrected chi connectivity index (χ1v) is 7.78. The van der Waals surface area contributed by atoms with Crippen LogP contribution in [0.2, 0.25) is 0 Å². The first kappa shape index (κ1) is 17.3. The molecule has 5 nitrogen and oxygen atoms in total. The van der Waals surface area contributed by atoms with Crippen LogP contribution in [-0.4, -0.2) is 54.7 Å². The summed E-state index contributed by atoms with van der Waals surface area (Å²) in [5.41, 5.74) is 5.11. The van der Waals surface area contributed by atoms with E-state index in [1.165, 1.54) is 0 Å². The maximum atomic E-state index is 12.6. The summed E-state index contributed by atoms with van der Waals surface area (Å²) >= 11 is 5.14. The number of rotatable bonds is 7. The Balaban J connectivity index is 2.64. The van der Waals surface area contributed by atoms with Gasteiger partial charge in [0.05, 0.1) is 4.99 Å². The van der Waals surface area contributed by atoms with E-state index in [9.17, 15) is 4.79 Å². The lowest BCUT2D eigenvalue weighted by molar-refractivity contribution is -0.132. The number of hydrogen-bond donors (Lipinski definition) is 2. The SMILES string of the molecule is CCN(CC)CC(C)NC(=O)C1(C(N)=S)CCOCC1. The lowest BCUT2D eigenvalue weighted by atomic mass is 9.79. The van der Waals surface area contributed by atoms with E-state index in [-0.39, 0.29) is 16.9 Å². The Labute approximate surface area is 127 Å². The molecule has 20 heavy (non-hydrogen) atoms. The van der Waals surface area contributed by atoms with Gasteiger partial charge in [-0.1, -0.05) is 26.1 Å². The molecular weight excluding hydrogens is 274 g/mol. The first-order valence-electron chi connectivity index (χ1n) is 7.37. The van der Waals surface area contributed by atoms with Crippen LogP contribution in [0.4, 0.5) is 0 Å². The minimum Gasteiger partial charge on any atom is -0.392 e. The summed E-state index contributed by atoms with van der Waals surface area (Å²) in [4.78, 5) is 15.1. The number of carbonyl (C=O) groups excluding carboxylic acids is 1. The van der Waals surface area contributed by atoms with Gasteiger partial charge >= 0.3 is 0 Å². The molecule has 1 aliphatic rings. The molecule has 1 fully saturated rings. The number of amides is 1. The smallest absolute Gasteiger partial charge is 0.233 e. The van der Waals surface area contributed by atoms with Crippen molar-refractivity contribution in [2.45, 2.75) is 39.7 Å². The topological polar surface area (TPSA) is 67.6 Å². The van der Waals surface area contributed by atoms with Crippen molar-refractivity contribution < 1.29 is 9.53 Å². The van der Waals surface area contributed by atoms with Crippen LogP contribution in [-0.2, 0) is 9.53 Å². The van der Waals surface area contributed by atoms with E-state index in [1.807, 2.05) is 6.92 Å². The zero-order valence-electron chi connectivity index (χ0n) is 12.8. The maximum absolute atomic E-state index is 12.6. The Morgan fingerprint density at radius 3 is 2.40 bits per heavy atom. The highest BCUT2D eigenvalue weighted by Crippen LogP contribution is 2.31. The minimum absolute atomic E-state index is 0.0482. The van der Waals surface area contributed by atoms with Crippen molar-refractivity contribution in [1.82, 2.24) is 10.2 Å². The first-order chi connectivity index (χ1) is 9.46. The van der Waals surface area contributed by atoms with E-state index in [0.29, 0.717) is 26.1 Å². The summed E-state index contributed by atoms with van der Waals surface area (Å²) in [5.74, 6) is -0.0482. The summed E-state index contributed by atoms with van der Waals surface area (Å²) in [6.45, 7) is 10.1. The largest absolute Gasteiger partial charge is 0.392 e. The number of nitrogens with one attached hydrogen (secondary N) is 1. The van der Waals surface area contributed by atoms with Crippen molar-refractivity contribution in [3.63, 3.8) is 0 Å². The summed E-state index contributed by atoms with van der Waals surface area (Å²) in [6.07, 6.45) is 1.15. The predicted molar refractivity (Wildman–Crippen MR) is 84.7 cm³/mol. The number of thiocarbonyl (C=S) groups is 1. The fourth-order valence-corrected chi connectivity index (χ4v) is 2.88. The Kier molecular flexibility index (Phi) is 6.85. The molecule has 1 unspecified atom stereocenters. The van der Waals surface area contributed by atoms with Crippen LogP contribution in [0.1, 0.15) is 33.6 Å². The third kappa shape index (κ3) is 4.14. The average molecular weight is 301 g/mol. The van der Waals surface area contributed by atoms with Gasteiger partial charge in [0.15, 0.2) is 0 Å². The maximum Gasteiger partial charge on any atom is 0.233 e. The van der Waals surface area contributed by atoms with E-state index in [1.54, 1.807) is 0 Å². The molecule has 1 rings (SSSR count). The lowest BCUT2D eigenvalue weighted by Crippen LogP contribution is -2.55. The molecule has 0 aromatic heterocycles. The molecule has 0 aliphatic carbocycles. The molecule has 116 valence electrons. The number of likely N-dealkylation sites (N-methyl/N-ethyl adjacent to an activating group) is 1. The Hall–Kier alpha value is -0.720. The van der Waals surface area contributed by atoms with Crippen molar-refractivity contribution in [1.29, 1.82) is 0 Å². The summed E-state index contributed by atoms with van der Waals surface area (Å²) in [7, 11) is 0. The van der Waals surface area contributed by atoms with Gasteiger partial charge in [-0.15, -0.1) is 0 Å². The fourth-order valence-electron chi connectivity index (χ4n) is 2.58. The van der Waals surface area contributed by atoms with Crippen molar-refractivity contribution in [3.05, 3.63) is 0 Å². The Morgan fingerprint density at radius 2 is 1.95 bits per heavy atom. The standard InChI is InChI=1S/C14H27N3O2S/c1-4-17(5-2)10-11(3)16-13(18)14(12(15)20)6-8-19-9-7-14/h11H,4-10H2,1-3H3,(H2,15,20)(H,16,18). The van der Waals surface area contributed by atoms with E-state index < -0.39 is 5.41 Å². The monoisotopic (exact) mass is 301 g/mol. The third-order valence-electron chi connectivity index (χ3n) is 4.06. The van der Waals surface area contributed by atoms with Gasteiger partial charge in [-0.05, 0) is 32.9 Å². The van der Waals surface area contributed by atoms with Crippen molar-refractivity contribution in [3.8, 4) is 0 Å². The molecule has 0 aromatic carbocycles. The van der Waals surface area contributed by atoms with Gasteiger partial charge in [0, 0.05) is 25.8 Å². The van der Waals surface area contributed by atoms with Crippen LogP contribution >= 0.6 is 12.2 Å². The normalized spacial score (nSPS) is 19.6. The van der Waals surface area contributed by atoms with Gasteiger partial charge in [0.25, 0.3) is 0 Å². The molecule has 1 amide bonds. The van der Waals surface area contributed by atoms with Crippen LogP contribution in [0.15, 0.2) is 0 Å². The Morgan fingerprint density at radius 1 is 1.40 bits per heavy atom. The number of nitrogens with zero attached hydrogens (tertiary/aromatic N) is 1. The van der Waals surface area contributed by atoms with E-state index in [2.05, 4.69) is 24.1 Å². The second-order valence-electron chi connectivity index (χ2n) is 5.42. The summed E-state index contributed by atoms with van der Waals surface area (Å²) < 4.78 is 5.33. The quantitative estimate of drug-likeness (QED) is 0.684. The summed E-state index contributed by atoms with van der Waals surface area (Å²) in [5, 5.41) is 3.07. The van der Waals surface area contributed by atoms with Crippen molar-refractivity contribution >= 4 is 23.1 Å². The zero-order valence-corrected chi connectivity index (χ0v) is 13.6. The molecule has 3 N–H and O–H groups in total. The molecule has 0 radical (unpaired) electrons. The van der Waals surface area contributed by atoms with Crippen LogP contribution in [0.5, 0.6) is 0 Å². The van der Waals surface area contributed by atoms with Gasteiger partial charge in [-0.3, -0.25) is 4.79 Å². The highest BCUT2D eigenvalue weighted by atomic mass is 32.1. The molecule has 0 aromatic rings. The van der Waals surface area contributed by atoms with Gasteiger partial charge < -0.3 is 20.7 Å².